The second-order valence-electron chi connectivity index (χ2n) is 6.46. The molecule has 0 aliphatic carbocycles. The van der Waals surface area contributed by atoms with E-state index in [1.165, 1.54) is 46.5 Å². The fourth-order valence-corrected chi connectivity index (χ4v) is 3.78. The van der Waals surface area contributed by atoms with Gasteiger partial charge in [0.05, 0.1) is 27.4 Å². The lowest BCUT2D eigenvalue weighted by Gasteiger charge is -2.18. The Morgan fingerprint density at radius 3 is 2.07 bits per heavy atom. The van der Waals surface area contributed by atoms with Crippen molar-refractivity contribution >= 4 is 15.9 Å². The Hall–Kier alpha value is -2.78. The van der Waals surface area contributed by atoms with Crippen molar-refractivity contribution in [3.05, 3.63) is 47.5 Å². The Labute approximate surface area is 171 Å². The van der Waals surface area contributed by atoms with Gasteiger partial charge in [0.1, 0.15) is 10.6 Å². The topological polar surface area (TPSA) is 94.2 Å². The van der Waals surface area contributed by atoms with Crippen LogP contribution >= 0.6 is 0 Å². The SMILES string of the molecule is COc1ccc([C@@H](C)NC(=O)c2ccc(OC)c(S(=O)(=O)N(C)C)c2)cc1OC. The van der Waals surface area contributed by atoms with Gasteiger partial charge >= 0.3 is 0 Å². The normalized spacial score (nSPS) is 12.4. The molecule has 0 bridgehead atoms. The summed E-state index contributed by atoms with van der Waals surface area (Å²) in [4.78, 5) is 12.7. The summed E-state index contributed by atoms with van der Waals surface area (Å²) < 4.78 is 41.8. The van der Waals surface area contributed by atoms with Crippen molar-refractivity contribution < 1.29 is 27.4 Å². The van der Waals surface area contributed by atoms with Crippen molar-refractivity contribution in [1.82, 2.24) is 9.62 Å². The molecule has 0 aromatic heterocycles. The first-order valence-electron chi connectivity index (χ1n) is 8.79. The summed E-state index contributed by atoms with van der Waals surface area (Å²) in [6.45, 7) is 1.82. The molecular weight excluding hydrogens is 396 g/mol. The number of ether oxygens (including phenoxy) is 3. The van der Waals surface area contributed by atoms with Gasteiger partial charge in [-0.3, -0.25) is 4.79 Å². The van der Waals surface area contributed by atoms with Crippen LogP contribution in [0.1, 0.15) is 28.9 Å². The van der Waals surface area contributed by atoms with Gasteiger partial charge in [0.2, 0.25) is 10.0 Å². The number of benzene rings is 2. The standard InChI is InChI=1S/C20H26N2O6S/c1-13(14-7-9-16(26-4)18(11-14)28-6)21-20(23)15-8-10-17(27-5)19(12-15)29(24,25)22(2)3/h7-13H,1-6H3,(H,21,23)/t13-/m1/s1. The van der Waals surface area contributed by atoms with Crippen molar-refractivity contribution in [2.75, 3.05) is 35.4 Å². The van der Waals surface area contributed by atoms with Gasteiger partial charge in [0.25, 0.3) is 5.91 Å². The van der Waals surface area contributed by atoms with Gasteiger partial charge < -0.3 is 19.5 Å². The molecule has 0 radical (unpaired) electrons. The molecule has 1 N–H and O–H groups in total. The van der Waals surface area contributed by atoms with E-state index in [4.69, 9.17) is 14.2 Å². The van der Waals surface area contributed by atoms with Crippen LogP contribution in [0.15, 0.2) is 41.3 Å². The maximum absolute atomic E-state index is 12.7. The van der Waals surface area contributed by atoms with Crippen LogP contribution in [0.25, 0.3) is 0 Å². The van der Waals surface area contributed by atoms with Crippen molar-refractivity contribution in [3.63, 3.8) is 0 Å². The van der Waals surface area contributed by atoms with E-state index >= 15 is 0 Å². The number of nitrogens with one attached hydrogen (secondary N) is 1. The van der Waals surface area contributed by atoms with Crippen LogP contribution in [0, 0.1) is 0 Å². The summed E-state index contributed by atoms with van der Waals surface area (Å²) in [6.07, 6.45) is 0. The molecule has 0 spiro atoms. The lowest BCUT2D eigenvalue weighted by molar-refractivity contribution is 0.0939. The highest BCUT2D eigenvalue weighted by atomic mass is 32.2. The average molecular weight is 423 g/mol. The molecule has 0 unspecified atom stereocenters. The second kappa shape index (κ2) is 9.15. The van der Waals surface area contributed by atoms with Crippen molar-refractivity contribution in [2.24, 2.45) is 0 Å². The number of carbonyl (C=O) groups excluding carboxylic acids is 1. The van der Waals surface area contributed by atoms with Crippen LogP contribution in [-0.4, -0.2) is 54.1 Å². The first kappa shape index (κ1) is 22.5. The molecule has 29 heavy (non-hydrogen) atoms. The molecular formula is C20H26N2O6S. The van der Waals surface area contributed by atoms with Crippen molar-refractivity contribution in [3.8, 4) is 17.2 Å². The number of methoxy groups -OCH3 is 3. The van der Waals surface area contributed by atoms with Gasteiger partial charge in [-0.25, -0.2) is 12.7 Å². The predicted octanol–water partition coefficient (Wildman–Crippen LogP) is 2.45. The van der Waals surface area contributed by atoms with E-state index in [1.54, 1.807) is 19.2 Å². The molecule has 1 atom stereocenters. The number of hydrogen-bond acceptors (Lipinski definition) is 6. The molecule has 1 amide bonds. The molecule has 158 valence electrons. The molecule has 0 fully saturated rings. The number of hydrogen-bond donors (Lipinski definition) is 1. The number of sulfonamides is 1. The Balaban J connectivity index is 2.31. The van der Waals surface area contributed by atoms with E-state index < -0.39 is 15.9 Å². The lowest BCUT2D eigenvalue weighted by atomic mass is 10.1. The minimum absolute atomic E-state index is 0.0728. The maximum atomic E-state index is 12.7. The summed E-state index contributed by atoms with van der Waals surface area (Å²) in [6, 6.07) is 9.30. The highest BCUT2D eigenvalue weighted by Gasteiger charge is 2.24. The second-order valence-corrected chi connectivity index (χ2v) is 8.58. The third kappa shape index (κ3) is 4.80. The Morgan fingerprint density at radius 1 is 0.931 bits per heavy atom. The summed E-state index contributed by atoms with van der Waals surface area (Å²) in [5, 5.41) is 2.86. The highest BCUT2D eigenvalue weighted by Crippen LogP contribution is 2.30. The highest BCUT2D eigenvalue weighted by molar-refractivity contribution is 7.89. The van der Waals surface area contributed by atoms with Crippen LogP contribution in [0.3, 0.4) is 0 Å². The van der Waals surface area contributed by atoms with E-state index in [1.807, 2.05) is 13.0 Å². The molecule has 0 aliphatic rings. The zero-order chi connectivity index (χ0) is 21.8. The summed E-state index contributed by atoms with van der Waals surface area (Å²) in [7, 11) is 3.52. The van der Waals surface area contributed by atoms with Crippen LogP contribution in [-0.2, 0) is 10.0 Å². The zero-order valence-corrected chi connectivity index (χ0v) is 18.2. The van der Waals surface area contributed by atoms with E-state index in [0.717, 1.165) is 9.87 Å². The minimum atomic E-state index is -3.78. The maximum Gasteiger partial charge on any atom is 0.251 e. The van der Waals surface area contributed by atoms with Crippen LogP contribution in [0.5, 0.6) is 17.2 Å². The van der Waals surface area contributed by atoms with E-state index in [9.17, 15) is 13.2 Å². The smallest absolute Gasteiger partial charge is 0.251 e. The molecule has 0 saturated heterocycles. The van der Waals surface area contributed by atoms with E-state index in [0.29, 0.717) is 11.5 Å². The van der Waals surface area contributed by atoms with Gasteiger partial charge in [-0.15, -0.1) is 0 Å². The first-order chi connectivity index (χ1) is 13.6. The fourth-order valence-electron chi connectivity index (χ4n) is 2.70. The van der Waals surface area contributed by atoms with Gasteiger partial charge in [-0.2, -0.15) is 0 Å². The molecule has 8 nitrogen and oxygen atoms in total. The molecule has 0 aliphatic heterocycles. The van der Waals surface area contributed by atoms with Gasteiger partial charge in [-0.05, 0) is 42.8 Å². The fraction of sp³-hybridized carbons (Fsp3) is 0.350. The van der Waals surface area contributed by atoms with Crippen LogP contribution < -0.4 is 19.5 Å². The number of amides is 1. The molecule has 0 saturated carbocycles. The summed E-state index contributed by atoms with van der Waals surface area (Å²) in [5.74, 6) is 0.895. The third-order valence-corrected chi connectivity index (χ3v) is 6.28. The monoisotopic (exact) mass is 422 g/mol. The number of nitrogens with zero attached hydrogens (tertiary/aromatic N) is 1. The van der Waals surface area contributed by atoms with Gasteiger partial charge in [-0.1, -0.05) is 6.07 Å². The zero-order valence-electron chi connectivity index (χ0n) is 17.3. The van der Waals surface area contributed by atoms with E-state index in [-0.39, 0.29) is 22.3 Å². The lowest BCUT2D eigenvalue weighted by Crippen LogP contribution is -2.27. The summed E-state index contributed by atoms with van der Waals surface area (Å²) >= 11 is 0. The number of rotatable bonds is 8. The molecule has 9 heteroatoms. The molecule has 0 heterocycles. The Bertz CT molecular complexity index is 988. The Morgan fingerprint density at radius 2 is 1.52 bits per heavy atom. The Kier molecular flexibility index (Phi) is 7.10. The number of carbonyl (C=O) groups is 1. The molecule has 2 aromatic carbocycles. The largest absolute Gasteiger partial charge is 0.495 e. The van der Waals surface area contributed by atoms with Crippen molar-refractivity contribution in [1.29, 1.82) is 0 Å². The quantitative estimate of drug-likeness (QED) is 0.702. The van der Waals surface area contributed by atoms with Gasteiger partial charge in [0, 0.05) is 19.7 Å². The predicted molar refractivity (Wildman–Crippen MR) is 109 cm³/mol. The van der Waals surface area contributed by atoms with E-state index in [2.05, 4.69) is 5.32 Å². The third-order valence-electron chi connectivity index (χ3n) is 4.44. The average Bonchev–Trinajstić information content (AvgIpc) is 2.72. The first-order valence-corrected chi connectivity index (χ1v) is 10.2. The molecule has 2 rings (SSSR count). The van der Waals surface area contributed by atoms with Crippen LogP contribution in [0.4, 0.5) is 0 Å². The van der Waals surface area contributed by atoms with Gasteiger partial charge in [0.15, 0.2) is 11.5 Å². The summed E-state index contributed by atoms with van der Waals surface area (Å²) in [5.41, 5.74) is 1.02. The minimum Gasteiger partial charge on any atom is -0.495 e. The van der Waals surface area contributed by atoms with Crippen LogP contribution in [0.2, 0.25) is 0 Å². The molecule has 2 aromatic rings. The van der Waals surface area contributed by atoms with Crippen molar-refractivity contribution in [2.45, 2.75) is 17.9 Å².